The number of hydrogen-bond donors (Lipinski definition) is 1. The number of hydrogen-bond acceptors (Lipinski definition) is 3. The quantitative estimate of drug-likeness (QED) is 0.240. The van der Waals surface area contributed by atoms with Crippen LogP contribution >= 0.6 is 0 Å². The molecule has 190 valence electrons. The van der Waals surface area contributed by atoms with E-state index < -0.39 is 68.9 Å². The van der Waals surface area contributed by atoms with Gasteiger partial charge in [0.1, 0.15) is 0 Å². The van der Waals surface area contributed by atoms with Crippen LogP contribution in [0.15, 0.2) is 23.3 Å². The molecule has 0 radical (unpaired) electrons. The first-order chi connectivity index (χ1) is 13.6. The second-order valence-electron chi connectivity index (χ2n) is 5.03. The van der Waals surface area contributed by atoms with Crippen LogP contribution in [-0.4, -0.2) is 48.5 Å². The Morgan fingerprint density at radius 3 is 1.22 bits per heavy atom. The Kier molecular flexibility index (Phi) is 7.71. The van der Waals surface area contributed by atoms with E-state index in [1.54, 1.807) is 4.74 Å². The molecule has 22 heteroatoms. The molecule has 0 aliphatic rings. The second-order valence-corrected chi connectivity index (χ2v) is 6.46. The molecule has 0 rings (SSSR count). The third-order valence-corrected chi connectivity index (χ3v) is 3.48. The van der Waals surface area contributed by atoms with Crippen molar-refractivity contribution in [1.29, 1.82) is 0 Å². The van der Waals surface area contributed by atoms with Gasteiger partial charge >= 0.3 is 45.6 Å². The van der Waals surface area contributed by atoms with Crippen molar-refractivity contribution in [2.45, 2.75) is 35.5 Å². The van der Waals surface area contributed by atoms with Crippen molar-refractivity contribution in [3.8, 4) is 0 Å². The van der Waals surface area contributed by atoms with E-state index in [1.807, 2.05) is 0 Å². The summed E-state index contributed by atoms with van der Waals surface area (Å²) in [4.78, 5) is 0. The molecule has 0 fully saturated rings. The van der Waals surface area contributed by atoms with Gasteiger partial charge in [-0.2, -0.15) is 65.5 Å². The maximum absolute atomic E-state index is 13.1. The fraction of sp³-hybridized carbons (Fsp3) is 0.600. The molecular formula is C10HF17O4S. The minimum absolute atomic E-state index is 1.59. The summed E-state index contributed by atoms with van der Waals surface area (Å²) in [5.41, 5.74) is -6.74. The summed E-state index contributed by atoms with van der Waals surface area (Å²) >= 11 is 0. The number of halogens is 17. The largest absolute Gasteiger partial charge is 0.492 e. The molecular weight excluding hydrogens is 539 g/mol. The van der Waals surface area contributed by atoms with Gasteiger partial charge in [-0.25, -0.2) is 22.3 Å². The molecule has 32 heavy (non-hydrogen) atoms. The number of rotatable bonds is 8. The van der Waals surface area contributed by atoms with Crippen molar-refractivity contribution in [3.05, 3.63) is 23.3 Å². The van der Waals surface area contributed by atoms with Crippen molar-refractivity contribution < 1.29 is 92.3 Å². The molecule has 0 unspecified atom stereocenters. The first-order valence-electron chi connectivity index (χ1n) is 6.34. The van der Waals surface area contributed by atoms with Gasteiger partial charge in [-0.15, -0.1) is 0 Å². The third-order valence-electron chi connectivity index (χ3n) is 2.79. The average molecular weight is 540 g/mol. The second kappa shape index (κ2) is 8.18. The molecule has 1 N–H and O–H groups in total. The summed E-state index contributed by atoms with van der Waals surface area (Å²) in [6.45, 7) is 0. The van der Waals surface area contributed by atoms with Crippen LogP contribution in [0.25, 0.3) is 0 Å². The topological polar surface area (TPSA) is 63.6 Å². The van der Waals surface area contributed by atoms with E-state index in [0.717, 1.165) is 0 Å². The summed E-state index contributed by atoms with van der Waals surface area (Å²) in [6, 6.07) is 0. The Morgan fingerprint density at radius 2 is 0.938 bits per heavy atom. The molecule has 0 spiro atoms. The van der Waals surface area contributed by atoms with Crippen LogP contribution in [0.1, 0.15) is 0 Å². The zero-order chi connectivity index (χ0) is 26.5. The van der Waals surface area contributed by atoms with Gasteiger partial charge in [0, 0.05) is 0 Å². The highest BCUT2D eigenvalue weighted by Crippen LogP contribution is 2.52. The number of alkyl halides is 13. The molecule has 0 bridgehead atoms. The monoisotopic (exact) mass is 540 g/mol. The SMILES string of the molecule is O=S(=O)(O)C(F)(F)OC(F)(F)C(F)(F)C(F)=C(F)C(F)=C(F)C(F)(F)C(F)(F)C(F)(F)F. The lowest BCUT2D eigenvalue weighted by molar-refractivity contribution is -0.401. The highest BCUT2D eigenvalue weighted by Gasteiger charge is 2.76. The zero-order valence-electron chi connectivity index (χ0n) is 13.5. The lowest BCUT2D eigenvalue weighted by Crippen LogP contribution is -2.52. The summed E-state index contributed by atoms with van der Waals surface area (Å²) in [5.74, 6) is -41.8. The van der Waals surface area contributed by atoms with Crippen LogP contribution < -0.4 is 0 Å². The molecule has 0 heterocycles. The summed E-state index contributed by atoms with van der Waals surface area (Å²) in [7, 11) is -7.15. The van der Waals surface area contributed by atoms with Gasteiger partial charge in [-0.1, -0.05) is 0 Å². The minimum atomic E-state index is -7.62. The molecule has 0 saturated heterocycles. The van der Waals surface area contributed by atoms with Crippen LogP contribution in [0.2, 0.25) is 0 Å². The first kappa shape index (κ1) is 30.2. The van der Waals surface area contributed by atoms with Crippen molar-refractivity contribution in [1.82, 2.24) is 0 Å². The molecule has 0 atom stereocenters. The van der Waals surface area contributed by atoms with Gasteiger partial charge in [-0.3, -0.25) is 4.55 Å². The predicted octanol–water partition coefficient (Wildman–Crippen LogP) is 5.80. The fourth-order valence-electron chi connectivity index (χ4n) is 1.18. The van der Waals surface area contributed by atoms with Gasteiger partial charge in [-0.05, 0) is 0 Å². The molecule has 0 aromatic rings. The van der Waals surface area contributed by atoms with Crippen LogP contribution in [0.5, 0.6) is 0 Å². The van der Waals surface area contributed by atoms with Gasteiger partial charge in [0.25, 0.3) is 0 Å². The number of ether oxygens (including phenoxy) is 1. The first-order valence-corrected chi connectivity index (χ1v) is 7.78. The molecule has 0 aromatic heterocycles. The van der Waals surface area contributed by atoms with Crippen LogP contribution in [-0.2, 0) is 14.9 Å². The van der Waals surface area contributed by atoms with Crippen LogP contribution in [0, 0.1) is 0 Å². The van der Waals surface area contributed by atoms with Crippen LogP contribution in [0.4, 0.5) is 74.6 Å². The van der Waals surface area contributed by atoms with E-state index in [2.05, 4.69) is 0 Å². The van der Waals surface area contributed by atoms with Gasteiger partial charge in [0.15, 0.2) is 11.7 Å². The van der Waals surface area contributed by atoms with Gasteiger partial charge in [0.2, 0.25) is 11.7 Å². The van der Waals surface area contributed by atoms with E-state index in [9.17, 15) is 83.1 Å². The lowest BCUT2D eigenvalue weighted by atomic mass is 10.1. The molecule has 0 saturated carbocycles. The van der Waals surface area contributed by atoms with Crippen molar-refractivity contribution >= 4 is 10.1 Å². The van der Waals surface area contributed by atoms with E-state index in [1.165, 1.54) is 0 Å². The lowest BCUT2D eigenvalue weighted by Gasteiger charge is -2.28. The van der Waals surface area contributed by atoms with E-state index in [-0.39, 0.29) is 0 Å². The van der Waals surface area contributed by atoms with Gasteiger partial charge < -0.3 is 0 Å². The van der Waals surface area contributed by atoms with Crippen molar-refractivity contribution in [3.63, 3.8) is 0 Å². The predicted molar refractivity (Wildman–Crippen MR) is 61.9 cm³/mol. The minimum Gasteiger partial charge on any atom is -0.279 e. The van der Waals surface area contributed by atoms with Crippen LogP contribution in [0.3, 0.4) is 0 Å². The van der Waals surface area contributed by atoms with E-state index >= 15 is 0 Å². The third kappa shape index (κ3) is 5.05. The average Bonchev–Trinajstić information content (AvgIpc) is 2.55. The molecule has 0 amide bonds. The molecule has 4 nitrogen and oxygen atoms in total. The maximum atomic E-state index is 13.1. The zero-order valence-corrected chi connectivity index (χ0v) is 14.3. The standard InChI is InChI=1S/C10HF17O4S/c11-1(3(13)5(15,16)7(19,20)8(21,22)23)2(12)4(14)6(17,18)9(24,25)31-10(26,27)32(28,29)30/h(H,28,29,30). The van der Waals surface area contributed by atoms with Crippen molar-refractivity contribution in [2.24, 2.45) is 0 Å². The maximum Gasteiger partial charge on any atom is 0.492 e. The highest BCUT2D eigenvalue weighted by molar-refractivity contribution is 7.86. The smallest absolute Gasteiger partial charge is 0.279 e. The van der Waals surface area contributed by atoms with Gasteiger partial charge in [0.05, 0.1) is 0 Å². The summed E-state index contributed by atoms with van der Waals surface area (Å²) in [5, 5.41) is 0. The summed E-state index contributed by atoms with van der Waals surface area (Å²) < 4.78 is 245. The number of allylic oxidation sites excluding steroid dienone is 3. The normalized spacial score (nSPS) is 17.2. The highest BCUT2D eigenvalue weighted by atomic mass is 32.2. The van der Waals surface area contributed by atoms with E-state index in [4.69, 9.17) is 4.55 Å². The Balaban J connectivity index is 6.63. The van der Waals surface area contributed by atoms with E-state index in [0.29, 0.717) is 0 Å². The molecule has 0 aromatic carbocycles. The Labute approximate surface area is 162 Å². The fourth-order valence-corrected chi connectivity index (χ4v) is 1.39. The van der Waals surface area contributed by atoms with Crippen molar-refractivity contribution in [2.75, 3.05) is 0 Å². The summed E-state index contributed by atoms with van der Waals surface area (Å²) in [6.07, 6.45) is -14.8. The Morgan fingerprint density at radius 1 is 0.625 bits per heavy atom. The Bertz CT molecular complexity index is 897. The molecule has 0 aliphatic carbocycles. The Hall–Kier alpha value is -1.84. The molecule has 0 aliphatic heterocycles.